The van der Waals surface area contributed by atoms with Crippen molar-refractivity contribution in [3.8, 4) is 0 Å². The maximum Gasteiger partial charge on any atom is 0.357 e. The molecule has 0 bridgehead atoms. The molecule has 1 aromatic heterocycles. The van der Waals surface area contributed by atoms with Crippen molar-refractivity contribution in [2.24, 2.45) is 0 Å². The predicted octanol–water partition coefficient (Wildman–Crippen LogP) is 0.864. The van der Waals surface area contributed by atoms with Crippen molar-refractivity contribution in [2.45, 2.75) is 12.7 Å². The number of aromatic nitrogens is 1. The van der Waals surface area contributed by atoms with E-state index >= 15 is 0 Å². The minimum atomic E-state index is -3.11. The topological polar surface area (TPSA) is 73.3 Å². The molecule has 0 unspecified atom stereocenters. The fourth-order valence-electron chi connectivity index (χ4n) is 0.900. The number of sulfone groups is 1. The molecule has 0 aromatic carbocycles. The Hall–Kier alpha value is -0.950. The summed E-state index contributed by atoms with van der Waals surface area (Å²) in [7, 11) is -3.11. The van der Waals surface area contributed by atoms with Gasteiger partial charge in [-0.05, 0) is 6.92 Å². The lowest BCUT2D eigenvalue weighted by atomic mass is 10.5. The maximum absolute atomic E-state index is 11.2. The number of esters is 1. The normalized spacial score (nSPS) is 11.3. The Balaban J connectivity index is 2.77. The van der Waals surface area contributed by atoms with Crippen LogP contribution >= 0.6 is 11.3 Å². The Morgan fingerprint density at radius 2 is 2.27 bits per heavy atom. The molecule has 5 nitrogen and oxygen atoms in total. The lowest BCUT2D eigenvalue weighted by Crippen LogP contribution is -2.06. The Labute approximate surface area is 92.0 Å². The van der Waals surface area contributed by atoms with E-state index in [1.807, 2.05) is 0 Å². The van der Waals surface area contributed by atoms with E-state index in [1.54, 1.807) is 6.92 Å². The van der Waals surface area contributed by atoms with Gasteiger partial charge in [0.05, 0.1) is 6.61 Å². The first-order valence-corrected chi connectivity index (χ1v) is 7.15. The second kappa shape index (κ2) is 4.71. The van der Waals surface area contributed by atoms with Crippen LogP contribution in [0.15, 0.2) is 5.38 Å². The monoisotopic (exact) mass is 249 g/mol. The summed E-state index contributed by atoms with van der Waals surface area (Å²) in [5.74, 6) is -0.662. The van der Waals surface area contributed by atoms with Gasteiger partial charge in [0.2, 0.25) is 0 Å². The fraction of sp³-hybridized carbons (Fsp3) is 0.500. The van der Waals surface area contributed by atoms with Gasteiger partial charge in [-0.25, -0.2) is 18.2 Å². The molecule has 0 aliphatic carbocycles. The van der Waals surface area contributed by atoms with E-state index in [1.165, 1.54) is 5.38 Å². The number of rotatable bonds is 4. The third-order valence-electron chi connectivity index (χ3n) is 1.42. The van der Waals surface area contributed by atoms with Gasteiger partial charge in [0.15, 0.2) is 15.5 Å². The molecule has 1 rings (SSSR count). The van der Waals surface area contributed by atoms with Crippen LogP contribution in [-0.2, 0) is 20.3 Å². The lowest BCUT2D eigenvalue weighted by molar-refractivity contribution is 0.0520. The highest BCUT2D eigenvalue weighted by Crippen LogP contribution is 2.13. The number of carbonyl (C=O) groups excluding carboxylic acids is 1. The summed E-state index contributed by atoms with van der Waals surface area (Å²) in [6, 6.07) is 0. The minimum absolute atomic E-state index is 0.142. The molecule has 1 heterocycles. The molecule has 0 saturated carbocycles. The Morgan fingerprint density at radius 1 is 1.60 bits per heavy atom. The third-order valence-corrected chi connectivity index (χ3v) is 3.25. The first kappa shape index (κ1) is 12.1. The molecule has 0 fully saturated rings. The standard InChI is InChI=1S/C8H11NO4S2/c1-3-13-8(10)6-4-14-7(9-6)5-15(2,11)12/h4H,3,5H2,1-2H3. The highest BCUT2D eigenvalue weighted by Gasteiger charge is 2.14. The van der Waals surface area contributed by atoms with Crippen molar-refractivity contribution in [3.05, 3.63) is 16.1 Å². The van der Waals surface area contributed by atoms with Crippen molar-refractivity contribution in [1.82, 2.24) is 4.98 Å². The van der Waals surface area contributed by atoms with Gasteiger partial charge in [0.1, 0.15) is 10.8 Å². The van der Waals surface area contributed by atoms with Crippen LogP contribution in [0.5, 0.6) is 0 Å². The van der Waals surface area contributed by atoms with Gasteiger partial charge < -0.3 is 4.74 Å². The van der Waals surface area contributed by atoms with Crippen LogP contribution in [0.1, 0.15) is 22.4 Å². The molecular formula is C8H11NO4S2. The van der Waals surface area contributed by atoms with Crippen LogP contribution in [0.2, 0.25) is 0 Å². The van der Waals surface area contributed by atoms with E-state index in [0.717, 1.165) is 17.6 Å². The molecule has 15 heavy (non-hydrogen) atoms. The first-order chi connectivity index (χ1) is 6.92. The quantitative estimate of drug-likeness (QED) is 0.740. The van der Waals surface area contributed by atoms with Gasteiger partial charge in [0.25, 0.3) is 0 Å². The van der Waals surface area contributed by atoms with Crippen molar-refractivity contribution < 1.29 is 17.9 Å². The number of nitrogens with zero attached hydrogens (tertiary/aromatic N) is 1. The number of carbonyl (C=O) groups is 1. The van der Waals surface area contributed by atoms with Crippen molar-refractivity contribution in [2.75, 3.05) is 12.9 Å². The van der Waals surface area contributed by atoms with Crippen molar-refractivity contribution >= 4 is 27.1 Å². The van der Waals surface area contributed by atoms with Crippen LogP contribution in [0.4, 0.5) is 0 Å². The number of hydrogen-bond acceptors (Lipinski definition) is 6. The number of thiazole rings is 1. The predicted molar refractivity (Wildman–Crippen MR) is 56.6 cm³/mol. The van der Waals surface area contributed by atoms with Crippen molar-refractivity contribution in [3.63, 3.8) is 0 Å². The second-order valence-corrected chi connectivity index (χ2v) is 6.00. The van der Waals surface area contributed by atoms with Gasteiger partial charge in [0, 0.05) is 11.6 Å². The summed E-state index contributed by atoms with van der Waals surface area (Å²) >= 11 is 1.14. The zero-order chi connectivity index (χ0) is 11.5. The Bertz CT molecular complexity index is 449. The number of ether oxygens (including phenoxy) is 1. The van der Waals surface area contributed by atoms with E-state index in [-0.39, 0.29) is 18.1 Å². The lowest BCUT2D eigenvalue weighted by Gasteiger charge is -1.96. The summed E-state index contributed by atoms with van der Waals surface area (Å²) in [5, 5.41) is 1.90. The molecular weight excluding hydrogens is 238 g/mol. The van der Waals surface area contributed by atoms with E-state index in [2.05, 4.69) is 4.98 Å². The molecule has 0 amide bonds. The summed E-state index contributed by atoms with van der Waals surface area (Å²) in [6.07, 6.45) is 1.12. The zero-order valence-electron chi connectivity index (χ0n) is 8.39. The first-order valence-electron chi connectivity index (χ1n) is 4.21. The molecule has 0 aliphatic heterocycles. The van der Waals surface area contributed by atoms with Crippen molar-refractivity contribution in [1.29, 1.82) is 0 Å². The largest absolute Gasteiger partial charge is 0.461 e. The van der Waals surface area contributed by atoms with E-state index in [9.17, 15) is 13.2 Å². The summed E-state index contributed by atoms with van der Waals surface area (Å²) < 4.78 is 26.6. The average Bonchev–Trinajstić information content (AvgIpc) is 2.50. The second-order valence-electron chi connectivity index (χ2n) is 2.92. The van der Waals surface area contributed by atoms with E-state index < -0.39 is 15.8 Å². The van der Waals surface area contributed by atoms with Crippen LogP contribution < -0.4 is 0 Å². The molecule has 1 aromatic rings. The molecule has 0 N–H and O–H groups in total. The molecule has 0 aliphatic rings. The highest BCUT2D eigenvalue weighted by molar-refractivity contribution is 7.90. The molecule has 0 atom stereocenters. The van der Waals surface area contributed by atoms with Crippen LogP contribution in [0, 0.1) is 0 Å². The highest BCUT2D eigenvalue weighted by atomic mass is 32.2. The van der Waals surface area contributed by atoms with Gasteiger partial charge in [-0.1, -0.05) is 0 Å². The molecule has 0 saturated heterocycles. The molecule has 0 spiro atoms. The number of hydrogen-bond donors (Lipinski definition) is 0. The molecule has 84 valence electrons. The Kier molecular flexibility index (Phi) is 3.81. The third kappa shape index (κ3) is 3.96. The SMILES string of the molecule is CCOC(=O)c1csc(CS(C)(=O)=O)n1. The van der Waals surface area contributed by atoms with E-state index in [0.29, 0.717) is 5.01 Å². The Morgan fingerprint density at radius 3 is 2.80 bits per heavy atom. The van der Waals surface area contributed by atoms with Gasteiger partial charge in [-0.2, -0.15) is 0 Å². The summed E-state index contributed by atoms with van der Waals surface area (Å²) in [5.41, 5.74) is 0.167. The maximum atomic E-state index is 11.2. The smallest absolute Gasteiger partial charge is 0.357 e. The van der Waals surface area contributed by atoms with E-state index in [4.69, 9.17) is 4.74 Å². The molecule has 7 heteroatoms. The minimum Gasteiger partial charge on any atom is -0.461 e. The van der Waals surface area contributed by atoms with Crippen LogP contribution in [0.3, 0.4) is 0 Å². The average molecular weight is 249 g/mol. The van der Waals surface area contributed by atoms with Gasteiger partial charge >= 0.3 is 5.97 Å². The summed E-state index contributed by atoms with van der Waals surface area (Å²) in [4.78, 5) is 15.1. The zero-order valence-corrected chi connectivity index (χ0v) is 10.0. The summed E-state index contributed by atoms with van der Waals surface area (Å²) in [6.45, 7) is 1.97. The molecule has 0 radical (unpaired) electrons. The van der Waals surface area contributed by atoms with Gasteiger partial charge in [-0.3, -0.25) is 0 Å². The van der Waals surface area contributed by atoms with Crippen LogP contribution in [0.25, 0.3) is 0 Å². The van der Waals surface area contributed by atoms with Gasteiger partial charge in [-0.15, -0.1) is 11.3 Å². The van der Waals surface area contributed by atoms with Crippen LogP contribution in [-0.4, -0.2) is 32.2 Å². The fourth-order valence-corrected chi connectivity index (χ4v) is 2.88.